The summed E-state index contributed by atoms with van der Waals surface area (Å²) in [5.41, 5.74) is 5.05. The third kappa shape index (κ3) is 5.44. The molecule has 0 fully saturated rings. The van der Waals surface area contributed by atoms with Crippen LogP contribution in [0, 0.1) is 0 Å². The van der Waals surface area contributed by atoms with Crippen LogP contribution in [0.25, 0.3) is 11.4 Å². The van der Waals surface area contributed by atoms with E-state index < -0.39 is 16.4 Å². The van der Waals surface area contributed by atoms with Gasteiger partial charge in [-0.15, -0.1) is 15.0 Å². The SMILES string of the molecule is CCCCC1(c2ccccc2-c2nnn(C(c3ccccc3)(c3ccccc3)c3ccccc3)n2)C=CC(CO)(c2ccn(C)n2)C(C)=C1. The molecule has 1 aliphatic carbocycles. The maximum atomic E-state index is 10.8. The molecule has 7 heteroatoms. The number of aliphatic hydroxyl groups excluding tert-OH is 1. The number of aliphatic hydroxyl groups is 1. The second-order valence-corrected chi connectivity index (χ2v) is 13.1. The van der Waals surface area contributed by atoms with Crippen LogP contribution in [0.2, 0.25) is 0 Å². The molecular weight excluding hydrogens is 605 g/mol. The van der Waals surface area contributed by atoms with Crippen molar-refractivity contribution in [3.8, 4) is 11.4 Å². The monoisotopic (exact) mass is 646 g/mol. The highest BCUT2D eigenvalue weighted by molar-refractivity contribution is 5.66. The average Bonchev–Trinajstić information content (AvgIpc) is 3.83. The van der Waals surface area contributed by atoms with Crippen LogP contribution in [-0.4, -0.2) is 41.7 Å². The van der Waals surface area contributed by atoms with Gasteiger partial charge in [0, 0.05) is 24.2 Å². The van der Waals surface area contributed by atoms with Crippen molar-refractivity contribution >= 4 is 0 Å². The molecule has 2 aromatic heterocycles. The fourth-order valence-electron chi connectivity index (χ4n) is 7.54. The molecule has 0 bridgehead atoms. The summed E-state index contributed by atoms with van der Waals surface area (Å²) in [6, 6.07) is 41.6. The molecule has 2 unspecified atom stereocenters. The molecule has 4 aromatic carbocycles. The lowest BCUT2D eigenvalue weighted by Gasteiger charge is -2.40. The molecule has 0 saturated carbocycles. The summed E-state index contributed by atoms with van der Waals surface area (Å²) in [6.07, 6.45) is 11.7. The summed E-state index contributed by atoms with van der Waals surface area (Å²) < 4.78 is 1.79. The highest BCUT2D eigenvalue weighted by Gasteiger charge is 2.43. The van der Waals surface area contributed by atoms with Gasteiger partial charge in [0.25, 0.3) is 0 Å². The van der Waals surface area contributed by atoms with Gasteiger partial charge in [0.2, 0.25) is 5.82 Å². The first-order chi connectivity index (χ1) is 24.0. The van der Waals surface area contributed by atoms with Gasteiger partial charge in [0.05, 0.1) is 17.7 Å². The van der Waals surface area contributed by atoms with Crippen molar-refractivity contribution in [2.75, 3.05) is 6.61 Å². The number of unbranched alkanes of at least 4 members (excludes halogenated alkanes) is 1. The molecule has 1 aliphatic rings. The Hall–Kier alpha value is -5.40. The van der Waals surface area contributed by atoms with Gasteiger partial charge in [-0.05, 0) is 46.9 Å². The van der Waals surface area contributed by atoms with E-state index in [1.807, 2.05) is 43.6 Å². The van der Waals surface area contributed by atoms with Crippen LogP contribution in [0.5, 0.6) is 0 Å². The summed E-state index contributed by atoms with van der Waals surface area (Å²) in [6.45, 7) is 4.27. The minimum Gasteiger partial charge on any atom is -0.395 e. The number of benzene rings is 4. The third-order valence-corrected chi connectivity index (χ3v) is 10.2. The molecule has 6 aromatic rings. The van der Waals surface area contributed by atoms with E-state index >= 15 is 0 Å². The standard InChI is InChI=1S/C42H42N6O/c1-4-5-26-40(27-28-41(31-49,32(2)30-40)38-25-29-47(3)44-38)37-24-16-15-23-36(37)39-43-46-48(45-39)42(33-17-9-6-10-18-33,34-19-11-7-12-20-34)35-21-13-8-14-22-35/h6-25,27-30,49H,4-5,26,31H2,1-3H3. The maximum absolute atomic E-state index is 10.8. The van der Waals surface area contributed by atoms with Crippen LogP contribution in [-0.2, 0) is 23.4 Å². The Balaban J connectivity index is 1.41. The molecule has 49 heavy (non-hydrogen) atoms. The zero-order chi connectivity index (χ0) is 33.9. The van der Waals surface area contributed by atoms with Crippen LogP contribution in [0.4, 0.5) is 0 Å². The van der Waals surface area contributed by atoms with Crippen molar-refractivity contribution in [3.63, 3.8) is 0 Å². The van der Waals surface area contributed by atoms with Crippen LogP contribution < -0.4 is 0 Å². The second kappa shape index (κ2) is 13.2. The van der Waals surface area contributed by atoms with E-state index in [0.29, 0.717) is 5.82 Å². The third-order valence-electron chi connectivity index (χ3n) is 10.2. The van der Waals surface area contributed by atoms with E-state index in [1.54, 1.807) is 9.48 Å². The average molecular weight is 647 g/mol. The minimum atomic E-state index is -0.867. The predicted molar refractivity (Wildman–Crippen MR) is 194 cm³/mol. The van der Waals surface area contributed by atoms with E-state index in [0.717, 1.165) is 58.3 Å². The summed E-state index contributed by atoms with van der Waals surface area (Å²) in [5.74, 6) is 0.557. The minimum absolute atomic E-state index is 0.0647. The Bertz CT molecular complexity index is 1980. The van der Waals surface area contributed by atoms with Crippen LogP contribution >= 0.6 is 0 Å². The Morgan fingerprint density at radius 2 is 1.33 bits per heavy atom. The lowest BCUT2D eigenvalue weighted by Crippen LogP contribution is -2.39. The molecule has 7 nitrogen and oxygen atoms in total. The first-order valence-corrected chi connectivity index (χ1v) is 17.0. The molecular formula is C42H42N6O. The van der Waals surface area contributed by atoms with E-state index in [9.17, 15) is 5.11 Å². The summed E-state index contributed by atoms with van der Waals surface area (Å²) in [4.78, 5) is 1.79. The van der Waals surface area contributed by atoms with E-state index in [4.69, 9.17) is 20.5 Å². The maximum Gasteiger partial charge on any atom is 0.205 e. The first-order valence-electron chi connectivity index (χ1n) is 17.0. The second-order valence-electron chi connectivity index (χ2n) is 13.1. The quantitative estimate of drug-likeness (QED) is 0.115. The highest BCUT2D eigenvalue weighted by atomic mass is 16.3. The number of tetrazole rings is 1. The summed E-state index contributed by atoms with van der Waals surface area (Å²) in [7, 11) is 1.91. The van der Waals surface area contributed by atoms with Crippen molar-refractivity contribution in [3.05, 3.63) is 179 Å². The highest BCUT2D eigenvalue weighted by Crippen LogP contribution is 2.47. The fourth-order valence-corrected chi connectivity index (χ4v) is 7.54. The van der Waals surface area contributed by atoms with Crippen LogP contribution in [0.1, 0.15) is 61.1 Å². The van der Waals surface area contributed by atoms with Crippen LogP contribution in [0.15, 0.2) is 151 Å². The molecule has 0 saturated heterocycles. The predicted octanol–water partition coefficient (Wildman–Crippen LogP) is 7.79. The first kappa shape index (κ1) is 32.2. The largest absolute Gasteiger partial charge is 0.395 e. The van der Waals surface area contributed by atoms with Gasteiger partial charge in [-0.25, -0.2) is 0 Å². The molecule has 246 valence electrons. The van der Waals surface area contributed by atoms with Gasteiger partial charge in [-0.2, -0.15) is 5.10 Å². The van der Waals surface area contributed by atoms with Crippen molar-refractivity contribution in [2.45, 2.75) is 49.5 Å². The number of aromatic nitrogens is 6. The van der Waals surface area contributed by atoms with Crippen molar-refractivity contribution < 1.29 is 5.11 Å². The molecule has 7 rings (SSSR count). The lowest BCUT2D eigenvalue weighted by molar-refractivity contribution is 0.238. The molecule has 0 aliphatic heterocycles. The zero-order valence-electron chi connectivity index (χ0n) is 28.3. The molecule has 1 N–H and O–H groups in total. The molecule has 2 heterocycles. The number of nitrogens with zero attached hydrogens (tertiary/aromatic N) is 6. The van der Waals surface area contributed by atoms with Crippen molar-refractivity contribution in [2.24, 2.45) is 7.05 Å². The Kier molecular flexibility index (Phi) is 8.69. The van der Waals surface area contributed by atoms with Crippen molar-refractivity contribution in [1.82, 2.24) is 30.0 Å². The Labute approximate surface area is 288 Å². The van der Waals surface area contributed by atoms with Gasteiger partial charge in [-0.3, -0.25) is 4.68 Å². The number of aryl methyl sites for hydroxylation is 1. The Morgan fingerprint density at radius 3 is 1.86 bits per heavy atom. The normalized spacial score (nSPS) is 19.1. The van der Waals surface area contributed by atoms with Gasteiger partial charge in [-0.1, -0.05) is 159 Å². The van der Waals surface area contributed by atoms with Crippen molar-refractivity contribution in [1.29, 1.82) is 0 Å². The molecule has 2 atom stereocenters. The topological polar surface area (TPSA) is 81.6 Å². The Morgan fingerprint density at radius 1 is 0.735 bits per heavy atom. The van der Waals surface area contributed by atoms with Gasteiger partial charge >= 0.3 is 0 Å². The molecule has 0 radical (unpaired) electrons. The zero-order valence-corrected chi connectivity index (χ0v) is 28.3. The number of hydrogen-bond donors (Lipinski definition) is 1. The summed E-state index contributed by atoms with van der Waals surface area (Å²) >= 11 is 0. The van der Waals surface area contributed by atoms with Gasteiger partial charge in [0.1, 0.15) is 0 Å². The summed E-state index contributed by atoms with van der Waals surface area (Å²) in [5, 5.41) is 30.4. The van der Waals surface area contributed by atoms with Gasteiger partial charge < -0.3 is 5.11 Å². The number of rotatable bonds is 11. The van der Waals surface area contributed by atoms with E-state index in [-0.39, 0.29) is 6.61 Å². The fraction of sp³-hybridized carbons (Fsp3) is 0.238. The van der Waals surface area contributed by atoms with E-state index in [1.165, 1.54) is 0 Å². The number of hydrogen-bond acceptors (Lipinski definition) is 5. The van der Waals surface area contributed by atoms with E-state index in [2.05, 4.69) is 123 Å². The smallest absolute Gasteiger partial charge is 0.205 e. The lowest BCUT2D eigenvalue weighted by atomic mass is 9.64. The number of allylic oxidation sites excluding steroid dienone is 2. The van der Waals surface area contributed by atoms with Crippen LogP contribution in [0.3, 0.4) is 0 Å². The molecule has 0 spiro atoms. The molecule has 0 amide bonds. The van der Waals surface area contributed by atoms with Gasteiger partial charge in [0.15, 0.2) is 5.54 Å².